The SMILES string of the molecule is N#Cc1c(-c2cccc([N+](=O)[O-])c2)cc(-c2cccc(Cl)c2)nc1N. The Morgan fingerprint density at radius 1 is 1.12 bits per heavy atom. The molecule has 1 heterocycles. The number of nitriles is 1. The molecule has 0 aliphatic heterocycles. The number of hydrogen-bond acceptors (Lipinski definition) is 5. The first-order valence-corrected chi connectivity index (χ1v) is 7.59. The second-order valence-corrected chi connectivity index (χ2v) is 5.68. The predicted octanol–water partition coefficient (Wildman–Crippen LogP) is 4.43. The Hall–Kier alpha value is -3.43. The van der Waals surface area contributed by atoms with Crippen molar-refractivity contribution in [3.8, 4) is 28.5 Å². The molecule has 3 rings (SSSR count). The summed E-state index contributed by atoms with van der Waals surface area (Å²) in [4.78, 5) is 14.8. The minimum Gasteiger partial charge on any atom is -0.383 e. The molecule has 0 aliphatic carbocycles. The van der Waals surface area contributed by atoms with Crippen LogP contribution in [0.5, 0.6) is 0 Å². The van der Waals surface area contributed by atoms with Gasteiger partial charge in [-0.25, -0.2) is 4.98 Å². The van der Waals surface area contributed by atoms with Crippen molar-refractivity contribution in [2.24, 2.45) is 0 Å². The Morgan fingerprint density at radius 2 is 1.84 bits per heavy atom. The number of nitro benzene ring substituents is 1. The molecule has 0 amide bonds. The van der Waals surface area contributed by atoms with Crippen molar-refractivity contribution >= 4 is 23.1 Å². The second-order valence-electron chi connectivity index (χ2n) is 5.24. The summed E-state index contributed by atoms with van der Waals surface area (Å²) in [6.45, 7) is 0. The molecule has 122 valence electrons. The zero-order chi connectivity index (χ0) is 18.0. The number of halogens is 1. The number of nitrogens with zero attached hydrogens (tertiary/aromatic N) is 3. The maximum Gasteiger partial charge on any atom is 0.270 e. The summed E-state index contributed by atoms with van der Waals surface area (Å²) in [6.07, 6.45) is 0. The Balaban J connectivity index is 2.24. The van der Waals surface area contributed by atoms with Crippen molar-refractivity contribution in [2.45, 2.75) is 0 Å². The topological polar surface area (TPSA) is 106 Å². The average molecular weight is 351 g/mol. The third-order valence-corrected chi connectivity index (χ3v) is 3.88. The van der Waals surface area contributed by atoms with Crippen LogP contribution in [0.25, 0.3) is 22.4 Å². The van der Waals surface area contributed by atoms with E-state index >= 15 is 0 Å². The second kappa shape index (κ2) is 6.59. The van der Waals surface area contributed by atoms with Gasteiger partial charge in [-0.2, -0.15) is 5.26 Å². The first-order valence-electron chi connectivity index (χ1n) is 7.21. The maximum atomic E-state index is 11.0. The summed E-state index contributed by atoms with van der Waals surface area (Å²) in [5, 5.41) is 21.0. The molecule has 0 fully saturated rings. The van der Waals surface area contributed by atoms with Crippen LogP contribution < -0.4 is 5.73 Å². The van der Waals surface area contributed by atoms with Crippen molar-refractivity contribution < 1.29 is 4.92 Å². The normalized spacial score (nSPS) is 10.2. The van der Waals surface area contributed by atoms with Crippen molar-refractivity contribution in [2.75, 3.05) is 5.73 Å². The van der Waals surface area contributed by atoms with Crippen LogP contribution in [0.4, 0.5) is 11.5 Å². The van der Waals surface area contributed by atoms with Crippen LogP contribution >= 0.6 is 11.6 Å². The van der Waals surface area contributed by atoms with Crippen molar-refractivity contribution in [1.82, 2.24) is 4.98 Å². The van der Waals surface area contributed by atoms with Crippen LogP contribution in [0.3, 0.4) is 0 Å². The number of nitro groups is 1. The molecule has 0 spiro atoms. The molecule has 0 atom stereocenters. The number of nitrogen functional groups attached to an aromatic ring is 1. The fourth-order valence-corrected chi connectivity index (χ4v) is 2.68. The van der Waals surface area contributed by atoms with Crippen LogP contribution in [-0.2, 0) is 0 Å². The first kappa shape index (κ1) is 16.4. The molecule has 0 unspecified atom stereocenters. The van der Waals surface area contributed by atoms with Gasteiger partial charge in [0, 0.05) is 28.3 Å². The van der Waals surface area contributed by atoms with Gasteiger partial charge < -0.3 is 5.73 Å². The van der Waals surface area contributed by atoms with E-state index in [-0.39, 0.29) is 17.1 Å². The van der Waals surface area contributed by atoms with Gasteiger partial charge in [0.15, 0.2) is 0 Å². The summed E-state index contributed by atoms with van der Waals surface area (Å²) in [7, 11) is 0. The fraction of sp³-hybridized carbons (Fsp3) is 0. The van der Waals surface area contributed by atoms with Crippen LogP contribution in [0, 0.1) is 21.4 Å². The van der Waals surface area contributed by atoms with Gasteiger partial charge in [-0.05, 0) is 23.8 Å². The number of benzene rings is 2. The van der Waals surface area contributed by atoms with Gasteiger partial charge in [-0.15, -0.1) is 0 Å². The summed E-state index contributed by atoms with van der Waals surface area (Å²) in [6, 6.07) is 16.8. The molecule has 6 nitrogen and oxygen atoms in total. The molecule has 0 saturated heterocycles. The van der Waals surface area contributed by atoms with Gasteiger partial charge in [0.05, 0.1) is 10.6 Å². The lowest BCUT2D eigenvalue weighted by Gasteiger charge is -2.10. The van der Waals surface area contributed by atoms with E-state index in [9.17, 15) is 15.4 Å². The summed E-state index contributed by atoms with van der Waals surface area (Å²) in [5.41, 5.74) is 8.30. The number of hydrogen-bond donors (Lipinski definition) is 1. The predicted molar refractivity (Wildman–Crippen MR) is 95.9 cm³/mol. The van der Waals surface area contributed by atoms with Gasteiger partial charge in [0.1, 0.15) is 17.5 Å². The van der Waals surface area contributed by atoms with Crippen molar-refractivity contribution in [3.05, 3.63) is 75.3 Å². The van der Waals surface area contributed by atoms with Crippen molar-refractivity contribution in [1.29, 1.82) is 5.26 Å². The molecule has 2 aromatic carbocycles. The Bertz CT molecular complexity index is 1030. The van der Waals surface area contributed by atoms with E-state index in [1.165, 1.54) is 12.1 Å². The lowest BCUT2D eigenvalue weighted by Crippen LogP contribution is -2.00. The van der Waals surface area contributed by atoms with E-state index in [1.54, 1.807) is 36.4 Å². The fourth-order valence-electron chi connectivity index (χ4n) is 2.49. The molecule has 0 bridgehead atoms. The van der Waals surface area contributed by atoms with Crippen LogP contribution in [0.15, 0.2) is 54.6 Å². The van der Waals surface area contributed by atoms with E-state index in [0.29, 0.717) is 21.8 Å². The lowest BCUT2D eigenvalue weighted by atomic mass is 9.98. The Kier molecular flexibility index (Phi) is 4.33. The summed E-state index contributed by atoms with van der Waals surface area (Å²) in [5.74, 6) is 0.0569. The van der Waals surface area contributed by atoms with Gasteiger partial charge >= 0.3 is 0 Å². The number of aromatic nitrogens is 1. The molecule has 0 saturated carbocycles. The Labute approximate surface area is 148 Å². The number of rotatable bonds is 3. The monoisotopic (exact) mass is 350 g/mol. The van der Waals surface area contributed by atoms with E-state index < -0.39 is 4.92 Å². The highest BCUT2D eigenvalue weighted by Crippen LogP contribution is 2.33. The van der Waals surface area contributed by atoms with Gasteiger partial charge in [-0.1, -0.05) is 35.9 Å². The highest BCUT2D eigenvalue weighted by atomic mass is 35.5. The number of nitrogens with two attached hydrogens (primary N) is 1. The smallest absolute Gasteiger partial charge is 0.270 e. The minimum atomic E-state index is -0.488. The molecular formula is C18H11ClN4O2. The highest BCUT2D eigenvalue weighted by molar-refractivity contribution is 6.30. The molecular weight excluding hydrogens is 340 g/mol. The Morgan fingerprint density at radius 3 is 2.52 bits per heavy atom. The van der Waals surface area contributed by atoms with Crippen LogP contribution in [-0.4, -0.2) is 9.91 Å². The number of anilines is 1. The molecule has 25 heavy (non-hydrogen) atoms. The molecule has 2 N–H and O–H groups in total. The molecule has 0 radical (unpaired) electrons. The molecule has 3 aromatic rings. The van der Waals surface area contributed by atoms with Gasteiger partial charge in [-0.3, -0.25) is 10.1 Å². The molecule has 0 aliphatic rings. The number of pyridine rings is 1. The minimum absolute atomic E-state index is 0.0569. The summed E-state index contributed by atoms with van der Waals surface area (Å²) >= 11 is 6.02. The van der Waals surface area contributed by atoms with E-state index in [0.717, 1.165) is 5.56 Å². The van der Waals surface area contributed by atoms with Crippen molar-refractivity contribution in [3.63, 3.8) is 0 Å². The quantitative estimate of drug-likeness (QED) is 0.555. The molecule has 7 heteroatoms. The average Bonchev–Trinajstić information content (AvgIpc) is 2.61. The summed E-state index contributed by atoms with van der Waals surface area (Å²) < 4.78 is 0. The van der Waals surface area contributed by atoms with E-state index in [4.69, 9.17) is 17.3 Å². The van der Waals surface area contributed by atoms with Crippen LogP contribution in [0.2, 0.25) is 5.02 Å². The molecule has 1 aromatic heterocycles. The largest absolute Gasteiger partial charge is 0.383 e. The standard InChI is InChI=1S/C18H11ClN4O2/c19-13-5-1-4-12(7-13)17-9-15(16(10-20)18(21)22-17)11-3-2-6-14(8-11)23(24)25/h1-9H,(H2,21,22). The zero-order valence-corrected chi connectivity index (χ0v) is 13.6. The van der Waals surface area contributed by atoms with Gasteiger partial charge in [0.25, 0.3) is 5.69 Å². The zero-order valence-electron chi connectivity index (χ0n) is 12.8. The van der Waals surface area contributed by atoms with E-state index in [1.807, 2.05) is 12.1 Å². The van der Waals surface area contributed by atoms with Crippen LogP contribution in [0.1, 0.15) is 5.56 Å². The number of non-ortho nitro benzene ring substituents is 1. The first-order chi connectivity index (χ1) is 12.0. The van der Waals surface area contributed by atoms with Gasteiger partial charge in [0.2, 0.25) is 0 Å². The third kappa shape index (κ3) is 3.27. The maximum absolute atomic E-state index is 11.0. The highest BCUT2D eigenvalue weighted by Gasteiger charge is 2.15. The lowest BCUT2D eigenvalue weighted by molar-refractivity contribution is -0.384. The van der Waals surface area contributed by atoms with E-state index in [2.05, 4.69) is 4.98 Å². The third-order valence-electron chi connectivity index (χ3n) is 3.65.